The minimum atomic E-state index is -0.0856. The average molecular weight is 607 g/mol. The van der Waals surface area contributed by atoms with Gasteiger partial charge in [0, 0.05) is 32.6 Å². The normalized spacial score (nSPS) is 25.9. The van der Waals surface area contributed by atoms with Gasteiger partial charge in [0.25, 0.3) is 0 Å². The Bertz CT molecular complexity index is 2180. The fourth-order valence-corrected chi connectivity index (χ4v) is 9.69. The molecule has 4 aliphatic carbocycles. The Balaban J connectivity index is 1.26. The third kappa shape index (κ3) is 4.17. The monoisotopic (exact) mass is 606 g/mol. The number of fused-ring (bicyclic) bond motifs is 6. The summed E-state index contributed by atoms with van der Waals surface area (Å²) in [5.41, 5.74) is 9.26. The second-order valence-electron chi connectivity index (χ2n) is 13.3. The predicted molar refractivity (Wildman–Crippen MR) is 196 cm³/mol. The van der Waals surface area contributed by atoms with Gasteiger partial charge < -0.3 is 0 Å². The molecular weight excluding hydrogens is 573 g/mol. The number of hydrogen-bond acceptors (Lipinski definition) is 1. The van der Waals surface area contributed by atoms with Gasteiger partial charge >= 0.3 is 0 Å². The van der Waals surface area contributed by atoms with E-state index < -0.39 is 0 Å². The zero-order chi connectivity index (χ0) is 30.8. The fraction of sp³-hybridized carbons (Fsp3) is 0.156. The molecule has 5 aliphatic rings. The van der Waals surface area contributed by atoms with Crippen molar-refractivity contribution in [1.82, 2.24) is 0 Å². The fourth-order valence-electron chi connectivity index (χ4n) is 8.26. The Morgan fingerprint density at radius 3 is 2.33 bits per heavy atom. The molecule has 0 radical (unpaired) electrons. The molecule has 0 aromatic heterocycles. The minimum Gasteiger partial charge on any atom is -0.0919 e. The Morgan fingerprint density at radius 1 is 0.783 bits per heavy atom. The van der Waals surface area contributed by atoms with Crippen LogP contribution in [0.2, 0.25) is 0 Å². The Hall–Kier alpha value is -4.77. The van der Waals surface area contributed by atoms with E-state index in [0.29, 0.717) is 11.8 Å². The van der Waals surface area contributed by atoms with Crippen LogP contribution in [0, 0.1) is 24.0 Å². The molecule has 1 aliphatic heterocycles. The molecule has 0 amide bonds. The van der Waals surface area contributed by atoms with Crippen LogP contribution in [0.1, 0.15) is 42.9 Å². The first kappa shape index (κ1) is 27.5. The van der Waals surface area contributed by atoms with Gasteiger partial charge in [-0.2, -0.15) is 0 Å². The molecule has 0 saturated heterocycles. The number of allylic oxidation sites excluding steroid dienone is 18. The molecule has 1 heterocycles. The third-order valence-electron chi connectivity index (χ3n) is 10.5. The van der Waals surface area contributed by atoms with Gasteiger partial charge in [-0.25, -0.2) is 0 Å². The summed E-state index contributed by atoms with van der Waals surface area (Å²) >= 11 is 1.93. The van der Waals surface area contributed by atoms with Gasteiger partial charge in [0.2, 0.25) is 0 Å². The standard InChI is InChI=1S/C45H34S/c1-29-26-33(28-31-15-5-6-17-34(29)31)30-14-3-4-16-32(27-30)42-35-18-7-9-20-37(35)43(38-21-10-8-19-36(38)42)39-22-13-25-45(2)40-23-11-12-24-41(40)46-44(39)45/h3-10,12-22,24,26-29,32,34H,25H2,1-2H3. The Morgan fingerprint density at radius 2 is 1.52 bits per heavy atom. The lowest BCUT2D eigenvalue weighted by Crippen LogP contribution is -2.22. The first-order chi connectivity index (χ1) is 22.6. The molecule has 220 valence electrons. The molecule has 0 nitrogen and oxygen atoms in total. The Labute approximate surface area is 276 Å². The second kappa shape index (κ2) is 10.7. The van der Waals surface area contributed by atoms with Crippen molar-refractivity contribution in [2.45, 2.75) is 36.5 Å². The third-order valence-corrected chi connectivity index (χ3v) is 11.9. The second-order valence-corrected chi connectivity index (χ2v) is 14.3. The molecule has 4 atom stereocenters. The summed E-state index contributed by atoms with van der Waals surface area (Å²) < 4.78 is 0. The quantitative estimate of drug-likeness (QED) is 0.209. The summed E-state index contributed by atoms with van der Waals surface area (Å²) in [6, 6.07) is 29.1. The number of hydrogen-bond donors (Lipinski definition) is 0. The molecule has 0 N–H and O–H groups in total. The molecule has 46 heavy (non-hydrogen) atoms. The van der Waals surface area contributed by atoms with Crippen LogP contribution in [0.3, 0.4) is 0 Å². The van der Waals surface area contributed by atoms with Gasteiger partial charge in [-0.3, -0.25) is 0 Å². The maximum Gasteiger partial charge on any atom is 0.0369 e. The lowest BCUT2D eigenvalue weighted by Gasteiger charge is -2.30. The van der Waals surface area contributed by atoms with Crippen molar-refractivity contribution in [2.75, 3.05) is 0 Å². The van der Waals surface area contributed by atoms with Crippen LogP contribution >= 0.6 is 11.8 Å². The topological polar surface area (TPSA) is 0 Å². The summed E-state index contributed by atoms with van der Waals surface area (Å²) in [6.07, 6.45) is 31.2. The van der Waals surface area contributed by atoms with Crippen LogP contribution < -0.4 is 0 Å². The van der Waals surface area contributed by atoms with Gasteiger partial charge in [-0.1, -0.05) is 158 Å². The predicted octanol–water partition coefficient (Wildman–Crippen LogP) is 11.7. The maximum atomic E-state index is 3.49. The minimum absolute atomic E-state index is 0.0856. The van der Waals surface area contributed by atoms with E-state index in [1.807, 2.05) is 17.8 Å². The largest absolute Gasteiger partial charge is 0.0919 e. The number of benzene rings is 3. The van der Waals surface area contributed by atoms with Gasteiger partial charge in [-0.05, 0) is 86.4 Å². The van der Waals surface area contributed by atoms with E-state index in [1.54, 1.807) is 0 Å². The molecule has 4 aromatic carbocycles. The molecule has 0 bridgehead atoms. The van der Waals surface area contributed by atoms with E-state index in [9.17, 15) is 0 Å². The highest BCUT2D eigenvalue weighted by atomic mass is 32.2. The van der Waals surface area contributed by atoms with Gasteiger partial charge in [0.1, 0.15) is 0 Å². The molecule has 0 fully saturated rings. The smallest absolute Gasteiger partial charge is 0.0369 e. The van der Waals surface area contributed by atoms with E-state index in [1.165, 1.54) is 70.3 Å². The zero-order valence-corrected chi connectivity index (χ0v) is 26.9. The van der Waals surface area contributed by atoms with Crippen LogP contribution in [-0.2, 0) is 5.41 Å². The lowest BCUT2D eigenvalue weighted by atomic mass is 9.73. The molecule has 1 heteroatoms. The zero-order valence-electron chi connectivity index (χ0n) is 26.1. The van der Waals surface area contributed by atoms with E-state index in [2.05, 4.69) is 160 Å². The first-order valence-corrected chi connectivity index (χ1v) is 17.2. The van der Waals surface area contributed by atoms with Crippen molar-refractivity contribution >= 4 is 38.9 Å². The van der Waals surface area contributed by atoms with Crippen molar-refractivity contribution in [1.29, 1.82) is 0 Å². The highest BCUT2D eigenvalue weighted by Gasteiger charge is 2.43. The first-order valence-electron chi connectivity index (χ1n) is 16.4. The summed E-state index contributed by atoms with van der Waals surface area (Å²) in [4.78, 5) is 2.74. The molecule has 0 saturated carbocycles. The van der Waals surface area contributed by atoms with E-state index in [0.717, 1.165) is 6.42 Å². The van der Waals surface area contributed by atoms with Gasteiger partial charge in [0.05, 0.1) is 0 Å². The van der Waals surface area contributed by atoms with Crippen LogP contribution in [0.15, 0.2) is 166 Å². The average Bonchev–Trinajstić information content (AvgIpc) is 3.21. The number of thioether (sulfide) groups is 1. The van der Waals surface area contributed by atoms with Gasteiger partial charge in [-0.15, -0.1) is 0 Å². The summed E-state index contributed by atoms with van der Waals surface area (Å²) in [5, 5.41) is 5.27. The lowest BCUT2D eigenvalue weighted by molar-refractivity contribution is 0.579. The summed E-state index contributed by atoms with van der Waals surface area (Å²) in [6.45, 7) is 4.73. The molecule has 0 spiro atoms. The van der Waals surface area contributed by atoms with Crippen molar-refractivity contribution < 1.29 is 0 Å². The molecule has 4 unspecified atom stereocenters. The highest BCUT2D eigenvalue weighted by Crippen LogP contribution is 2.59. The van der Waals surface area contributed by atoms with Crippen molar-refractivity contribution in [2.24, 2.45) is 11.8 Å². The van der Waals surface area contributed by atoms with Crippen LogP contribution in [0.5, 0.6) is 0 Å². The highest BCUT2D eigenvalue weighted by molar-refractivity contribution is 8.03. The van der Waals surface area contributed by atoms with Crippen LogP contribution in [-0.4, -0.2) is 0 Å². The maximum absolute atomic E-state index is 3.49. The molecular formula is C45H34S. The van der Waals surface area contributed by atoms with Crippen molar-refractivity contribution in [3.05, 3.63) is 190 Å². The van der Waals surface area contributed by atoms with E-state index in [-0.39, 0.29) is 11.3 Å². The summed E-state index contributed by atoms with van der Waals surface area (Å²) in [7, 11) is 0. The number of rotatable bonds is 3. The van der Waals surface area contributed by atoms with Crippen molar-refractivity contribution in [3.63, 3.8) is 0 Å². The van der Waals surface area contributed by atoms with Crippen LogP contribution in [0.4, 0.5) is 0 Å². The molecule has 9 rings (SSSR count). The van der Waals surface area contributed by atoms with E-state index in [4.69, 9.17) is 0 Å². The van der Waals surface area contributed by atoms with Gasteiger partial charge in [0.15, 0.2) is 0 Å². The summed E-state index contributed by atoms with van der Waals surface area (Å²) in [5.74, 6) is 1.05. The van der Waals surface area contributed by atoms with Crippen molar-refractivity contribution in [3.8, 4) is 0 Å². The Kier molecular flexibility index (Phi) is 6.38. The van der Waals surface area contributed by atoms with Crippen LogP contribution in [0.25, 0.3) is 27.1 Å². The molecule has 4 aromatic rings. The van der Waals surface area contributed by atoms with E-state index >= 15 is 0 Å². The SMILES string of the molecule is CC1C=C(C2=CC(c3c4ccccc4c(C4=C5Sc6ccc#cc6C5(C)CC=C4)c4ccccc34)C=CC=C2)C=C2C=CC=CC21.